The molecule has 0 saturated carbocycles. The maximum atomic E-state index is 3.52. The molecule has 0 aromatic heterocycles. The Labute approximate surface area is 76.1 Å². The zero-order valence-corrected chi connectivity index (χ0v) is 8.40. The van der Waals surface area contributed by atoms with Crippen molar-refractivity contribution in [2.24, 2.45) is 5.92 Å². The van der Waals surface area contributed by atoms with E-state index in [1.165, 1.54) is 38.9 Å². The van der Waals surface area contributed by atoms with Gasteiger partial charge >= 0.3 is 0 Å². The van der Waals surface area contributed by atoms with Crippen LogP contribution in [-0.4, -0.2) is 25.7 Å². The molecule has 0 bridgehead atoms. The van der Waals surface area contributed by atoms with E-state index in [4.69, 9.17) is 0 Å². The van der Waals surface area contributed by atoms with Gasteiger partial charge in [0.15, 0.2) is 0 Å². The molecular formula is C10H22N2. The molecule has 0 aliphatic carbocycles. The van der Waals surface area contributed by atoms with Crippen molar-refractivity contribution in [1.29, 1.82) is 0 Å². The van der Waals surface area contributed by atoms with E-state index in [1.54, 1.807) is 0 Å². The first kappa shape index (κ1) is 10.0. The number of hydrogen-bond acceptors (Lipinski definition) is 2. The second-order valence-corrected chi connectivity index (χ2v) is 3.85. The summed E-state index contributed by atoms with van der Waals surface area (Å²) in [5.74, 6) is 0.863. The van der Waals surface area contributed by atoms with Gasteiger partial charge in [0.1, 0.15) is 0 Å². The Balaban J connectivity index is 1.98. The van der Waals surface area contributed by atoms with Gasteiger partial charge in [-0.2, -0.15) is 0 Å². The van der Waals surface area contributed by atoms with Crippen molar-refractivity contribution in [1.82, 2.24) is 10.6 Å². The summed E-state index contributed by atoms with van der Waals surface area (Å²) in [6.07, 6.45) is 3.96. The van der Waals surface area contributed by atoms with Crippen LogP contribution in [0.4, 0.5) is 0 Å². The van der Waals surface area contributed by atoms with Crippen molar-refractivity contribution in [2.45, 2.75) is 39.2 Å². The fourth-order valence-electron chi connectivity index (χ4n) is 1.78. The van der Waals surface area contributed by atoms with Gasteiger partial charge in [-0.05, 0) is 45.3 Å². The smallest absolute Gasteiger partial charge is 0.00795 e. The van der Waals surface area contributed by atoms with E-state index in [0.29, 0.717) is 0 Å². The Hall–Kier alpha value is -0.0800. The summed E-state index contributed by atoms with van der Waals surface area (Å²) >= 11 is 0. The lowest BCUT2D eigenvalue weighted by Crippen LogP contribution is -2.31. The fourth-order valence-corrected chi connectivity index (χ4v) is 1.78. The first-order valence-electron chi connectivity index (χ1n) is 5.28. The summed E-state index contributed by atoms with van der Waals surface area (Å²) in [7, 11) is 0. The van der Waals surface area contributed by atoms with Crippen molar-refractivity contribution in [3.05, 3.63) is 0 Å². The summed E-state index contributed by atoms with van der Waals surface area (Å²) in [6, 6.07) is 0.721. The lowest BCUT2D eigenvalue weighted by molar-refractivity contribution is 0.437. The number of nitrogens with one attached hydrogen (secondary N) is 2. The highest BCUT2D eigenvalue weighted by Crippen LogP contribution is 2.13. The molecule has 0 aromatic rings. The van der Waals surface area contributed by atoms with Gasteiger partial charge in [0, 0.05) is 6.04 Å². The molecule has 72 valence electrons. The molecular weight excluding hydrogens is 148 g/mol. The lowest BCUT2D eigenvalue weighted by Gasteiger charge is -2.15. The minimum absolute atomic E-state index is 0.721. The van der Waals surface area contributed by atoms with Gasteiger partial charge in [-0.25, -0.2) is 0 Å². The standard InChI is InChI=1S/C10H22N2/c1-3-4-6-11-8-10-5-7-12-9(10)2/h9-12H,3-8H2,1-2H3. The third-order valence-corrected chi connectivity index (χ3v) is 2.80. The van der Waals surface area contributed by atoms with Crippen LogP contribution in [0.25, 0.3) is 0 Å². The van der Waals surface area contributed by atoms with Crippen molar-refractivity contribution in [3.8, 4) is 0 Å². The molecule has 0 aromatic carbocycles. The lowest BCUT2D eigenvalue weighted by atomic mass is 10.0. The molecule has 1 rings (SSSR count). The van der Waals surface area contributed by atoms with Gasteiger partial charge in [0.25, 0.3) is 0 Å². The van der Waals surface area contributed by atoms with E-state index in [1.807, 2.05) is 0 Å². The van der Waals surface area contributed by atoms with Crippen LogP contribution in [0.1, 0.15) is 33.1 Å². The van der Waals surface area contributed by atoms with E-state index in [-0.39, 0.29) is 0 Å². The molecule has 2 N–H and O–H groups in total. The quantitative estimate of drug-likeness (QED) is 0.609. The molecule has 1 saturated heterocycles. The van der Waals surface area contributed by atoms with Gasteiger partial charge < -0.3 is 10.6 Å². The van der Waals surface area contributed by atoms with Crippen LogP contribution in [-0.2, 0) is 0 Å². The van der Waals surface area contributed by atoms with E-state index >= 15 is 0 Å². The van der Waals surface area contributed by atoms with E-state index in [9.17, 15) is 0 Å². The SMILES string of the molecule is CCCCNCC1CCNC1C. The van der Waals surface area contributed by atoms with Gasteiger partial charge in [0.2, 0.25) is 0 Å². The third-order valence-electron chi connectivity index (χ3n) is 2.80. The topological polar surface area (TPSA) is 24.1 Å². The largest absolute Gasteiger partial charge is 0.316 e. The van der Waals surface area contributed by atoms with Crippen LogP contribution in [0.5, 0.6) is 0 Å². The zero-order chi connectivity index (χ0) is 8.81. The highest BCUT2D eigenvalue weighted by atomic mass is 15.0. The summed E-state index contributed by atoms with van der Waals surface area (Å²) in [4.78, 5) is 0. The molecule has 2 heteroatoms. The molecule has 2 nitrogen and oxygen atoms in total. The maximum Gasteiger partial charge on any atom is 0.00795 e. The normalized spacial score (nSPS) is 29.5. The second-order valence-electron chi connectivity index (χ2n) is 3.85. The third kappa shape index (κ3) is 3.11. The van der Waals surface area contributed by atoms with E-state index in [0.717, 1.165) is 12.0 Å². The van der Waals surface area contributed by atoms with Crippen molar-refractivity contribution < 1.29 is 0 Å². The van der Waals surface area contributed by atoms with Gasteiger partial charge in [-0.3, -0.25) is 0 Å². The summed E-state index contributed by atoms with van der Waals surface area (Å²) in [5.41, 5.74) is 0. The van der Waals surface area contributed by atoms with Crippen LogP contribution in [0, 0.1) is 5.92 Å². The van der Waals surface area contributed by atoms with Crippen molar-refractivity contribution in [2.75, 3.05) is 19.6 Å². The summed E-state index contributed by atoms with van der Waals surface area (Å²) < 4.78 is 0. The van der Waals surface area contributed by atoms with E-state index in [2.05, 4.69) is 24.5 Å². The first-order chi connectivity index (χ1) is 5.84. The summed E-state index contributed by atoms with van der Waals surface area (Å²) in [5, 5.41) is 6.99. The Morgan fingerprint density at radius 3 is 2.92 bits per heavy atom. The second kappa shape index (κ2) is 5.55. The molecule has 2 unspecified atom stereocenters. The molecule has 1 heterocycles. The monoisotopic (exact) mass is 170 g/mol. The van der Waals surface area contributed by atoms with Crippen LogP contribution in [0.15, 0.2) is 0 Å². The van der Waals surface area contributed by atoms with Crippen LogP contribution >= 0.6 is 0 Å². The number of unbranched alkanes of at least 4 members (excludes halogenated alkanes) is 1. The van der Waals surface area contributed by atoms with Gasteiger partial charge in [0.05, 0.1) is 0 Å². The van der Waals surface area contributed by atoms with E-state index < -0.39 is 0 Å². The number of rotatable bonds is 5. The van der Waals surface area contributed by atoms with Crippen LogP contribution in [0.3, 0.4) is 0 Å². The van der Waals surface area contributed by atoms with Crippen LogP contribution in [0.2, 0.25) is 0 Å². The van der Waals surface area contributed by atoms with Gasteiger partial charge in [-0.15, -0.1) is 0 Å². The molecule has 2 atom stereocenters. The number of hydrogen-bond donors (Lipinski definition) is 2. The zero-order valence-electron chi connectivity index (χ0n) is 8.40. The Kier molecular flexibility index (Phi) is 4.62. The maximum absolute atomic E-state index is 3.52. The predicted molar refractivity (Wildman–Crippen MR) is 53.3 cm³/mol. The Morgan fingerprint density at radius 2 is 2.33 bits per heavy atom. The highest BCUT2D eigenvalue weighted by Gasteiger charge is 2.21. The average molecular weight is 170 g/mol. The van der Waals surface area contributed by atoms with Crippen LogP contribution < -0.4 is 10.6 Å². The Morgan fingerprint density at radius 1 is 1.50 bits per heavy atom. The molecule has 1 fully saturated rings. The molecule has 0 radical (unpaired) electrons. The molecule has 1 aliphatic heterocycles. The fraction of sp³-hybridized carbons (Fsp3) is 1.00. The minimum atomic E-state index is 0.721. The first-order valence-corrected chi connectivity index (χ1v) is 5.28. The molecule has 0 amide bonds. The molecule has 1 aliphatic rings. The predicted octanol–water partition coefficient (Wildman–Crippen LogP) is 1.37. The van der Waals surface area contributed by atoms with Gasteiger partial charge in [-0.1, -0.05) is 13.3 Å². The van der Waals surface area contributed by atoms with Crippen molar-refractivity contribution in [3.63, 3.8) is 0 Å². The highest BCUT2D eigenvalue weighted by molar-refractivity contribution is 4.81. The minimum Gasteiger partial charge on any atom is -0.316 e. The average Bonchev–Trinajstić information content (AvgIpc) is 2.46. The summed E-state index contributed by atoms with van der Waals surface area (Å²) in [6.45, 7) is 8.13. The molecule has 12 heavy (non-hydrogen) atoms. The molecule has 0 spiro atoms. The Bertz CT molecular complexity index is 114. The van der Waals surface area contributed by atoms with Crippen molar-refractivity contribution >= 4 is 0 Å².